The van der Waals surface area contributed by atoms with E-state index in [4.69, 9.17) is 19.6 Å². The lowest BCUT2D eigenvalue weighted by atomic mass is 10.1. The summed E-state index contributed by atoms with van der Waals surface area (Å²) < 4.78 is 17.2. The van der Waals surface area contributed by atoms with Crippen molar-refractivity contribution in [3.8, 4) is 17.2 Å². The molecule has 2 aliphatic heterocycles. The van der Waals surface area contributed by atoms with Crippen molar-refractivity contribution >= 4 is 39.8 Å². The summed E-state index contributed by atoms with van der Waals surface area (Å²) in [5.41, 5.74) is 3.09. The van der Waals surface area contributed by atoms with E-state index < -0.39 is 5.91 Å². The highest BCUT2D eigenvalue weighted by molar-refractivity contribution is 8.26. The minimum atomic E-state index is -0.450. The lowest BCUT2D eigenvalue weighted by Gasteiger charge is -2.20. The first-order valence-electron chi connectivity index (χ1n) is 11.9. The van der Waals surface area contributed by atoms with Gasteiger partial charge in [0.05, 0.1) is 12.7 Å². The summed E-state index contributed by atoms with van der Waals surface area (Å²) in [4.78, 5) is 16.8. The number of carbonyl (C=O) groups excluding carboxylic acids is 1. The van der Waals surface area contributed by atoms with Gasteiger partial charge in [0.2, 0.25) is 5.17 Å². The number of carbonyl (C=O) groups is 1. The van der Waals surface area contributed by atoms with Crippen LogP contribution in [0.1, 0.15) is 42.9 Å². The van der Waals surface area contributed by atoms with Crippen LogP contribution in [0.4, 0.5) is 0 Å². The average molecular weight is 507 g/mol. The molecule has 1 amide bonds. The molecule has 0 bridgehead atoms. The van der Waals surface area contributed by atoms with Crippen LogP contribution in [0.25, 0.3) is 6.08 Å². The van der Waals surface area contributed by atoms with Crippen LogP contribution in [-0.4, -0.2) is 47.3 Å². The van der Waals surface area contributed by atoms with Gasteiger partial charge in [-0.1, -0.05) is 31.5 Å². The molecule has 2 aromatic carbocycles. The summed E-state index contributed by atoms with van der Waals surface area (Å²) in [5, 5.41) is 15.8. The number of benzene rings is 2. The maximum atomic E-state index is 12.7. The van der Waals surface area contributed by atoms with Gasteiger partial charge < -0.3 is 14.2 Å². The molecule has 0 atom stereocenters. The summed E-state index contributed by atoms with van der Waals surface area (Å²) in [5.74, 6) is 1.50. The van der Waals surface area contributed by atoms with E-state index in [9.17, 15) is 4.79 Å². The number of unbranched alkanes of at least 4 members (excludes halogenated alkanes) is 1. The molecule has 0 saturated heterocycles. The van der Waals surface area contributed by atoms with Crippen molar-refractivity contribution in [3.63, 3.8) is 0 Å². The molecule has 0 spiro atoms. The minimum absolute atomic E-state index is 0.0203. The maximum Gasteiger partial charge on any atom is 0.283 e. The summed E-state index contributed by atoms with van der Waals surface area (Å²) in [6.07, 6.45) is 4.49. The van der Waals surface area contributed by atoms with Gasteiger partial charge >= 0.3 is 0 Å². The lowest BCUT2D eigenvalue weighted by molar-refractivity contribution is -0.114. The van der Waals surface area contributed by atoms with E-state index in [1.165, 1.54) is 16.8 Å². The summed E-state index contributed by atoms with van der Waals surface area (Å²) in [6, 6.07) is 11.4. The topological polar surface area (TPSA) is 96.6 Å². The number of thioether (sulfide) groups is 1. The van der Waals surface area contributed by atoms with Crippen LogP contribution in [0.5, 0.6) is 17.2 Å². The summed E-state index contributed by atoms with van der Waals surface area (Å²) >= 11 is 1.36. The van der Waals surface area contributed by atoms with Crippen LogP contribution in [0.15, 0.2) is 52.1 Å². The molecule has 36 heavy (non-hydrogen) atoms. The Morgan fingerprint density at radius 1 is 1.06 bits per heavy atom. The Hall–Kier alpha value is -3.59. The summed E-state index contributed by atoms with van der Waals surface area (Å²) in [6.45, 7) is 6.88. The number of rotatable bonds is 10. The fourth-order valence-corrected chi connectivity index (χ4v) is 4.61. The number of methoxy groups -OCH3 is 1. The van der Waals surface area contributed by atoms with Crippen LogP contribution < -0.4 is 14.2 Å². The predicted octanol–water partition coefficient (Wildman–Crippen LogP) is 5.58. The Bertz CT molecular complexity index is 1270. The second-order valence-corrected chi connectivity index (χ2v) is 9.53. The Kier molecular flexibility index (Phi) is 8.10. The zero-order valence-electron chi connectivity index (χ0n) is 21.0. The minimum Gasteiger partial charge on any atom is -0.493 e. The number of ether oxygens (including phenoxy) is 3. The number of fused-ring (bicyclic) bond motifs is 1. The highest BCUT2D eigenvalue weighted by atomic mass is 32.2. The van der Waals surface area contributed by atoms with Gasteiger partial charge in [-0.05, 0) is 79.4 Å². The molecule has 2 aliphatic rings. The fraction of sp³-hybridized carbons (Fsp3) is 0.333. The molecule has 2 aromatic rings. The molecule has 0 aromatic heterocycles. The molecule has 9 heteroatoms. The molecular formula is C27H30N4O4S. The average Bonchev–Trinajstić information content (AvgIpc) is 3.28. The molecule has 0 aliphatic carbocycles. The maximum absolute atomic E-state index is 12.7. The number of nitrogens with one attached hydrogen (secondary N) is 1. The lowest BCUT2D eigenvalue weighted by Crippen LogP contribution is -2.35. The number of amides is 1. The van der Waals surface area contributed by atoms with Gasteiger partial charge in [0.15, 0.2) is 17.3 Å². The van der Waals surface area contributed by atoms with Gasteiger partial charge in [0.1, 0.15) is 24.0 Å². The molecule has 0 saturated carbocycles. The van der Waals surface area contributed by atoms with Crippen molar-refractivity contribution in [2.45, 2.75) is 40.0 Å². The highest BCUT2D eigenvalue weighted by Crippen LogP contribution is 2.32. The molecule has 0 unspecified atom stereocenters. The number of hydrogen-bond acceptors (Lipinski definition) is 7. The molecule has 0 radical (unpaired) electrons. The highest BCUT2D eigenvalue weighted by Gasteiger charge is 2.35. The van der Waals surface area contributed by atoms with Crippen LogP contribution in [0.3, 0.4) is 0 Å². The van der Waals surface area contributed by atoms with Gasteiger partial charge in [0.25, 0.3) is 5.91 Å². The molecular weight excluding hydrogens is 476 g/mol. The first-order chi connectivity index (χ1) is 17.4. The number of amidine groups is 2. The number of hydrogen-bond donors (Lipinski definition) is 1. The number of nitrogens with zero attached hydrogens (tertiary/aromatic N) is 3. The van der Waals surface area contributed by atoms with E-state index in [0.29, 0.717) is 35.4 Å². The van der Waals surface area contributed by atoms with Crippen molar-refractivity contribution in [1.29, 1.82) is 5.41 Å². The van der Waals surface area contributed by atoms with E-state index in [2.05, 4.69) is 23.1 Å². The van der Waals surface area contributed by atoms with Crippen LogP contribution >= 0.6 is 11.8 Å². The van der Waals surface area contributed by atoms with Crippen molar-refractivity contribution in [2.24, 2.45) is 10.1 Å². The standard InChI is InChI=1S/C27H30N4O4S/c1-5-6-7-24-30-31-25(28)20(26(32)29-27(31)36-24)15-19-10-11-21(23(16-19)33-4)34-12-13-35-22-14-17(2)8-9-18(22)3/h8-11,14-16,28H,5-7,12-13H2,1-4H3/b20-15-,28-25?. The van der Waals surface area contributed by atoms with Crippen LogP contribution in [0.2, 0.25) is 0 Å². The number of aliphatic imine (C=N–C) groups is 1. The largest absolute Gasteiger partial charge is 0.493 e. The quantitative estimate of drug-likeness (QED) is 0.334. The zero-order valence-corrected chi connectivity index (χ0v) is 21.8. The van der Waals surface area contributed by atoms with Crippen molar-refractivity contribution in [2.75, 3.05) is 20.3 Å². The van der Waals surface area contributed by atoms with E-state index in [1.54, 1.807) is 25.3 Å². The third-order valence-corrected chi connectivity index (χ3v) is 6.65. The second kappa shape index (κ2) is 11.4. The third kappa shape index (κ3) is 5.79. The van der Waals surface area contributed by atoms with Gasteiger partial charge in [0, 0.05) is 0 Å². The van der Waals surface area contributed by atoms with Gasteiger partial charge in [-0.2, -0.15) is 15.1 Å². The molecule has 8 nitrogen and oxygen atoms in total. The molecule has 188 valence electrons. The Morgan fingerprint density at radius 3 is 2.58 bits per heavy atom. The Labute approximate surface area is 215 Å². The first-order valence-corrected chi connectivity index (χ1v) is 12.7. The zero-order chi connectivity index (χ0) is 25.7. The van der Waals surface area contributed by atoms with Gasteiger partial charge in [-0.3, -0.25) is 10.2 Å². The molecule has 4 rings (SSSR count). The van der Waals surface area contributed by atoms with Crippen LogP contribution in [-0.2, 0) is 4.79 Å². The van der Waals surface area contributed by atoms with Crippen molar-refractivity contribution in [3.05, 3.63) is 58.7 Å². The van der Waals surface area contributed by atoms with E-state index in [0.717, 1.165) is 41.2 Å². The summed E-state index contributed by atoms with van der Waals surface area (Å²) in [7, 11) is 1.56. The normalized spacial score (nSPS) is 16.1. The Morgan fingerprint density at radius 2 is 1.83 bits per heavy atom. The SMILES string of the molecule is CCCCC1=NN2C(=N)/C(=C/c3ccc(OCCOc4cc(C)ccc4C)c(OC)c3)C(=O)N=C2S1. The molecule has 0 fully saturated rings. The first kappa shape index (κ1) is 25.5. The second-order valence-electron chi connectivity index (χ2n) is 8.49. The van der Waals surface area contributed by atoms with Crippen LogP contribution in [0, 0.1) is 19.3 Å². The van der Waals surface area contributed by atoms with Crippen molar-refractivity contribution < 1.29 is 19.0 Å². The smallest absolute Gasteiger partial charge is 0.283 e. The fourth-order valence-electron chi connectivity index (χ4n) is 3.69. The Balaban J connectivity index is 1.43. The van der Waals surface area contributed by atoms with Crippen molar-refractivity contribution in [1.82, 2.24) is 5.01 Å². The van der Waals surface area contributed by atoms with Gasteiger partial charge in [-0.25, -0.2) is 0 Å². The van der Waals surface area contributed by atoms with E-state index in [1.807, 2.05) is 32.0 Å². The number of hydrazone groups is 1. The van der Waals surface area contributed by atoms with E-state index in [-0.39, 0.29) is 11.4 Å². The monoisotopic (exact) mass is 506 g/mol. The predicted molar refractivity (Wildman–Crippen MR) is 144 cm³/mol. The molecule has 1 N–H and O–H groups in total. The van der Waals surface area contributed by atoms with Gasteiger partial charge in [-0.15, -0.1) is 0 Å². The van der Waals surface area contributed by atoms with E-state index >= 15 is 0 Å². The number of aryl methyl sites for hydroxylation is 2. The molecule has 2 heterocycles. The third-order valence-electron chi connectivity index (χ3n) is 5.68.